The van der Waals surface area contributed by atoms with E-state index in [0.717, 1.165) is 16.4 Å². The maximum absolute atomic E-state index is 6.05. The first-order valence-electron chi connectivity index (χ1n) is 10.2. The average molecular weight is 465 g/mol. The topological polar surface area (TPSA) is 91.0 Å². The van der Waals surface area contributed by atoms with Gasteiger partial charge in [-0.2, -0.15) is 5.10 Å². The van der Waals surface area contributed by atoms with Crippen LogP contribution >= 0.6 is 11.3 Å². The van der Waals surface area contributed by atoms with Gasteiger partial charge in [-0.25, -0.2) is 9.97 Å². The number of aryl methyl sites for hydroxylation is 2. The van der Waals surface area contributed by atoms with E-state index in [1.807, 2.05) is 61.7 Å². The number of hydrogen-bond acceptors (Lipinski definition) is 9. The molecule has 0 saturated heterocycles. The van der Waals surface area contributed by atoms with Gasteiger partial charge in [0.2, 0.25) is 11.0 Å². The molecule has 170 valence electrons. The zero-order valence-corrected chi connectivity index (χ0v) is 19.6. The molecule has 0 unspecified atom stereocenters. The van der Waals surface area contributed by atoms with Crippen LogP contribution in [0.25, 0.3) is 11.5 Å². The lowest BCUT2D eigenvalue weighted by Crippen LogP contribution is -2.01. The number of hydrazone groups is 1. The van der Waals surface area contributed by atoms with Gasteiger partial charge in [0.25, 0.3) is 0 Å². The molecule has 0 saturated carbocycles. The molecule has 2 heterocycles. The second-order valence-corrected chi connectivity index (χ2v) is 7.94. The number of ether oxygens (including phenoxy) is 3. The molecule has 0 amide bonds. The lowest BCUT2D eigenvalue weighted by Gasteiger charge is -2.08. The maximum atomic E-state index is 6.05. The number of thiazole rings is 1. The van der Waals surface area contributed by atoms with E-state index in [-0.39, 0.29) is 6.61 Å². The lowest BCUT2D eigenvalue weighted by atomic mass is 10.2. The van der Waals surface area contributed by atoms with E-state index in [4.69, 9.17) is 18.6 Å². The molecule has 0 aliphatic carbocycles. The second kappa shape index (κ2) is 10.2. The fourth-order valence-corrected chi connectivity index (χ4v) is 3.72. The van der Waals surface area contributed by atoms with Gasteiger partial charge in [-0.05, 0) is 44.2 Å². The van der Waals surface area contributed by atoms with Crippen molar-refractivity contribution in [2.24, 2.45) is 5.10 Å². The van der Waals surface area contributed by atoms with Crippen LogP contribution in [0.5, 0.6) is 17.2 Å². The summed E-state index contributed by atoms with van der Waals surface area (Å²) in [5.74, 6) is 3.13. The van der Waals surface area contributed by atoms with E-state index in [2.05, 4.69) is 20.5 Å². The van der Waals surface area contributed by atoms with Crippen molar-refractivity contribution >= 4 is 22.7 Å². The Balaban J connectivity index is 1.49. The molecule has 2 aromatic carbocycles. The van der Waals surface area contributed by atoms with E-state index >= 15 is 0 Å². The average Bonchev–Trinajstić information content (AvgIpc) is 3.42. The van der Waals surface area contributed by atoms with E-state index in [1.165, 1.54) is 11.3 Å². The Morgan fingerprint density at radius 2 is 1.91 bits per heavy atom. The van der Waals surface area contributed by atoms with Gasteiger partial charge in [-0.1, -0.05) is 12.1 Å². The highest BCUT2D eigenvalue weighted by Crippen LogP contribution is 2.34. The summed E-state index contributed by atoms with van der Waals surface area (Å²) in [6, 6.07) is 13.1. The van der Waals surface area contributed by atoms with Crippen molar-refractivity contribution in [1.29, 1.82) is 0 Å². The molecule has 4 rings (SSSR count). The van der Waals surface area contributed by atoms with E-state index < -0.39 is 0 Å². The first kappa shape index (κ1) is 22.3. The van der Waals surface area contributed by atoms with Gasteiger partial charge >= 0.3 is 0 Å². The van der Waals surface area contributed by atoms with Crippen molar-refractivity contribution in [3.05, 3.63) is 70.6 Å². The summed E-state index contributed by atoms with van der Waals surface area (Å²) in [6.45, 7) is 4.04. The van der Waals surface area contributed by atoms with E-state index in [1.54, 1.807) is 20.4 Å². The number of hydrogen-bond donors (Lipinski definition) is 1. The first-order valence-corrected chi connectivity index (χ1v) is 11.1. The number of anilines is 1. The van der Waals surface area contributed by atoms with E-state index in [0.29, 0.717) is 40.2 Å². The van der Waals surface area contributed by atoms with Crippen molar-refractivity contribution in [3.8, 4) is 28.7 Å². The molecule has 0 fully saturated rings. The molecule has 4 aromatic rings. The number of nitrogens with zero attached hydrogens (tertiary/aromatic N) is 3. The minimum absolute atomic E-state index is 0.242. The van der Waals surface area contributed by atoms with Crippen LogP contribution in [0.1, 0.15) is 22.7 Å². The Bertz CT molecular complexity index is 1270. The number of nitrogens with one attached hydrogen (secondary N) is 1. The summed E-state index contributed by atoms with van der Waals surface area (Å²) in [4.78, 5) is 8.96. The molecule has 1 N–H and O–H groups in total. The van der Waals surface area contributed by atoms with Gasteiger partial charge in [0.1, 0.15) is 35.3 Å². The molecule has 0 aliphatic heterocycles. The Kier molecular flexibility index (Phi) is 6.89. The monoisotopic (exact) mass is 464 g/mol. The van der Waals surface area contributed by atoms with Gasteiger partial charge in [-0.15, -0.1) is 11.3 Å². The molecular formula is C24H24N4O4S. The lowest BCUT2D eigenvalue weighted by molar-refractivity contribution is 0.299. The minimum atomic E-state index is 0.242. The Labute approximate surface area is 195 Å². The molecule has 2 aromatic heterocycles. The Hall–Kier alpha value is -3.85. The summed E-state index contributed by atoms with van der Waals surface area (Å²) >= 11 is 1.50. The highest BCUT2D eigenvalue weighted by Gasteiger charge is 2.17. The quantitative estimate of drug-likeness (QED) is 0.260. The predicted molar refractivity (Wildman–Crippen MR) is 129 cm³/mol. The van der Waals surface area contributed by atoms with Gasteiger partial charge in [0.05, 0.1) is 31.7 Å². The summed E-state index contributed by atoms with van der Waals surface area (Å²) < 4.78 is 22.7. The Morgan fingerprint density at radius 3 is 2.67 bits per heavy atom. The molecule has 33 heavy (non-hydrogen) atoms. The highest BCUT2D eigenvalue weighted by atomic mass is 32.1. The van der Waals surface area contributed by atoms with Gasteiger partial charge < -0.3 is 18.6 Å². The number of benzene rings is 2. The van der Waals surface area contributed by atoms with Crippen molar-refractivity contribution < 1.29 is 18.6 Å². The maximum Gasteiger partial charge on any atom is 0.230 e. The molecule has 0 radical (unpaired) electrons. The third-order valence-corrected chi connectivity index (χ3v) is 5.66. The van der Waals surface area contributed by atoms with Crippen molar-refractivity contribution in [3.63, 3.8) is 0 Å². The van der Waals surface area contributed by atoms with Crippen LogP contribution < -0.4 is 19.6 Å². The zero-order chi connectivity index (χ0) is 23.2. The fourth-order valence-electron chi connectivity index (χ4n) is 3.09. The molecule has 0 atom stereocenters. The molecule has 0 bridgehead atoms. The molecule has 0 spiro atoms. The summed E-state index contributed by atoms with van der Waals surface area (Å²) in [5.41, 5.74) is 6.12. The highest BCUT2D eigenvalue weighted by molar-refractivity contribution is 7.13. The number of methoxy groups -OCH3 is 2. The minimum Gasteiger partial charge on any atom is -0.497 e. The van der Waals surface area contributed by atoms with Crippen LogP contribution in [0.4, 0.5) is 5.13 Å². The largest absolute Gasteiger partial charge is 0.497 e. The van der Waals surface area contributed by atoms with Crippen molar-refractivity contribution in [2.75, 3.05) is 19.6 Å². The smallest absolute Gasteiger partial charge is 0.230 e. The second-order valence-electron chi connectivity index (χ2n) is 7.08. The normalized spacial score (nSPS) is 11.0. The van der Waals surface area contributed by atoms with Crippen LogP contribution in [0.3, 0.4) is 0 Å². The van der Waals surface area contributed by atoms with Crippen LogP contribution in [-0.4, -0.2) is 30.4 Å². The SMILES string of the molecule is COc1ccc(OC)c(-c2nc(COc3ccccc3C=NNc3nc(C)cs3)c(C)o2)c1. The summed E-state index contributed by atoms with van der Waals surface area (Å²) in [5, 5.41) is 6.97. The summed E-state index contributed by atoms with van der Waals surface area (Å²) in [7, 11) is 3.22. The van der Waals surface area contributed by atoms with Crippen molar-refractivity contribution in [1.82, 2.24) is 9.97 Å². The third-order valence-electron chi connectivity index (χ3n) is 4.80. The van der Waals surface area contributed by atoms with Gasteiger partial charge in [0.15, 0.2) is 0 Å². The number of oxazole rings is 1. The van der Waals surface area contributed by atoms with Crippen LogP contribution in [0, 0.1) is 13.8 Å². The zero-order valence-electron chi connectivity index (χ0n) is 18.8. The standard InChI is InChI=1S/C24H24N4O4S/c1-15-14-33-24(26-15)28-25-12-17-7-5-6-8-21(17)31-13-20-16(2)32-23(27-20)19-11-18(29-3)9-10-22(19)30-4/h5-12,14H,13H2,1-4H3,(H,26,28). The third kappa shape index (κ3) is 5.32. The molecule has 0 aliphatic rings. The fraction of sp³-hybridized carbons (Fsp3) is 0.208. The first-order chi connectivity index (χ1) is 16.1. The van der Waals surface area contributed by atoms with Crippen molar-refractivity contribution in [2.45, 2.75) is 20.5 Å². The molecular weight excluding hydrogens is 440 g/mol. The number of aromatic nitrogens is 2. The summed E-state index contributed by atoms with van der Waals surface area (Å²) in [6.07, 6.45) is 1.70. The number of rotatable bonds is 9. The molecule has 9 heteroatoms. The van der Waals surface area contributed by atoms with Crippen LogP contribution in [0.15, 0.2) is 57.4 Å². The molecule has 8 nitrogen and oxygen atoms in total. The Morgan fingerprint density at radius 1 is 1.06 bits per heavy atom. The van der Waals surface area contributed by atoms with Crippen LogP contribution in [-0.2, 0) is 6.61 Å². The van der Waals surface area contributed by atoms with Gasteiger partial charge in [0, 0.05) is 10.9 Å². The van der Waals surface area contributed by atoms with Gasteiger partial charge in [-0.3, -0.25) is 5.43 Å². The van der Waals surface area contributed by atoms with E-state index in [9.17, 15) is 0 Å². The predicted octanol–water partition coefficient (Wildman–Crippen LogP) is 5.46. The van der Waals surface area contributed by atoms with Crippen LogP contribution in [0.2, 0.25) is 0 Å². The number of para-hydroxylation sites is 1.